The Bertz CT molecular complexity index is 627. The van der Waals surface area contributed by atoms with Gasteiger partial charge in [0.1, 0.15) is 5.70 Å². The van der Waals surface area contributed by atoms with E-state index in [9.17, 15) is 10.1 Å². The van der Waals surface area contributed by atoms with Crippen molar-refractivity contribution in [3.63, 3.8) is 0 Å². The van der Waals surface area contributed by atoms with Gasteiger partial charge in [-0.15, -0.1) is 6.58 Å². The van der Waals surface area contributed by atoms with Crippen LogP contribution < -0.4 is 0 Å². The van der Waals surface area contributed by atoms with Gasteiger partial charge in [-0.1, -0.05) is 43.0 Å². The lowest BCUT2D eigenvalue weighted by molar-refractivity contribution is -0.422. The van der Waals surface area contributed by atoms with Crippen LogP contribution in [0.25, 0.3) is 5.70 Å². The first-order valence-electron chi connectivity index (χ1n) is 6.26. The van der Waals surface area contributed by atoms with Crippen molar-refractivity contribution in [3.8, 4) is 0 Å². The molecule has 0 unspecified atom stereocenters. The van der Waals surface area contributed by atoms with E-state index < -0.39 is 4.92 Å². The number of nitro groups is 1. The summed E-state index contributed by atoms with van der Waals surface area (Å²) in [6, 6.07) is 9.78. The number of allylic oxidation sites excluding steroid dienone is 2. The highest BCUT2D eigenvalue weighted by molar-refractivity contribution is 5.73. The van der Waals surface area contributed by atoms with Crippen molar-refractivity contribution in [1.29, 1.82) is 0 Å². The molecule has 2 rings (SSSR count). The predicted octanol–water partition coefficient (Wildman–Crippen LogP) is 3.59. The Morgan fingerprint density at radius 2 is 2.00 bits per heavy atom. The Morgan fingerprint density at radius 1 is 1.35 bits per heavy atom. The van der Waals surface area contributed by atoms with Crippen LogP contribution in [0.15, 0.2) is 72.6 Å². The van der Waals surface area contributed by atoms with Crippen molar-refractivity contribution in [1.82, 2.24) is 4.90 Å². The maximum atomic E-state index is 11.1. The third-order valence-electron chi connectivity index (χ3n) is 3.17. The summed E-state index contributed by atoms with van der Waals surface area (Å²) in [6.07, 6.45) is 3.29. The average molecular weight is 268 g/mol. The molecule has 0 radical (unpaired) electrons. The quantitative estimate of drug-likeness (QED) is 0.476. The summed E-state index contributed by atoms with van der Waals surface area (Å²) in [5.74, 6) is 0. The van der Waals surface area contributed by atoms with E-state index in [4.69, 9.17) is 0 Å². The smallest absolute Gasteiger partial charge is 0.292 e. The summed E-state index contributed by atoms with van der Waals surface area (Å²) in [4.78, 5) is 12.5. The Hall–Kier alpha value is -2.62. The molecule has 1 aromatic carbocycles. The molecule has 0 aromatic heterocycles. The topological polar surface area (TPSA) is 46.4 Å². The minimum atomic E-state index is -0.399. The van der Waals surface area contributed by atoms with Crippen LogP contribution in [0, 0.1) is 10.1 Å². The summed E-state index contributed by atoms with van der Waals surface area (Å²) in [5, 5.41) is 11.1. The van der Waals surface area contributed by atoms with Crippen molar-refractivity contribution in [3.05, 3.63) is 88.3 Å². The van der Waals surface area contributed by atoms with Gasteiger partial charge >= 0.3 is 0 Å². The van der Waals surface area contributed by atoms with E-state index in [1.807, 2.05) is 42.2 Å². The molecule has 0 fully saturated rings. The third-order valence-corrected chi connectivity index (χ3v) is 3.17. The molecule has 20 heavy (non-hydrogen) atoms. The molecule has 1 aromatic rings. The zero-order valence-corrected chi connectivity index (χ0v) is 11.4. The van der Waals surface area contributed by atoms with Crippen LogP contribution in [0.3, 0.4) is 0 Å². The molecule has 4 nitrogen and oxygen atoms in total. The first kappa shape index (κ1) is 13.8. The van der Waals surface area contributed by atoms with Gasteiger partial charge < -0.3 is 4.90 Å². The zero-order valence-electron chi connectivity index (χ0n) is 11.4. The van der Waals surface area contributed by atoms with E-state index >= 15 is 0 Å². The van der Waals surface area contributed by atoms with Crippen molar-refractivity contribution in [2.24, 2.45) is 0 Å². The van der Waals surface area contributed by atoms with Crippen LogP contribution in [0.1, 0.15) is 12.5 Å². The van der Waals surface area contributed by atoms with Gasteiger partial charge in [0.25, 0.3) is 5.70 Å². The second-order valence-corrected chi connectivity index (χ2v) is 4.53. The molecule has 0 aliphatic carbocycles. The second kappa shape index (κ2) is 5.57. The number of rotatable bonds is 4. The van der Waals surface area contributed by atoms with Crippen LogP contribution >= 0.6 is 0 Å². The molecule has 4 heteroatoms. The normalized spacial score (nSPS) is 15.2. The molecule has 0 saturated carbocycles. The largest absolute Gasteiger partial charge is 0.332 e. The maximum absolute atomic E-state index is 11.1. The van der Waals surface area contributed by atoms with Crippen LogP contribution in [0.4, 0.5) is 0 Å². The Kier molecular flexibility index (Phi) is 3.84. The fourth-order valence-electron chi connectivity index (χ4n) is 2.31. The van der Waals surface area contributed by atoms with Gasteiger partial charge in [-0.2, -0.15) is 0 Å². The average Bonchev–Trinajstić information content (AvgIpc) is 2.43. The van der Waals surface area contributed by atoms with Gasteiger partial charge in [0.15, 0.2) is 0 Å². The minimum absolute atomic E-state index is 0.0315. The number of hydrogen-bond acceptors (Lipinski definition) is 3. The van der Waals surface area contributed by atoms with Gasteiger partial charge in [0, 0.05) is 12.6 Å². The first-order valence-corrected chi connectivity index (χ1v) is 6.26. The van der Waals surface area contributed by atoms with E-state index in [0.717, 1.165) is 16.8 Å². The number of nitrogens with zero attached hydrogens (tertiary/aromatic N) is 2. The summed E-state index contributed by atoms with van der Waals surface area (Å²) >= 11 is 0. The van der Waals surface area contributed by atoms with Crippen molar-refractivity contribution >= 4 is 5.70 Å². The third kappa shape index (κ3) is 2.40. The highest BCUT2D eigenvalue weighted by Crippen LogP contribution is 2.34. The first-order chi connectivity index (χ1) is 9.56. The summed E-state index contributed by atoms with van der Waals surface area (Å²) < 4.78 is 0. The maximum Gasteiger partial charge on any atom is 0.292 e. The van der Waals surface area contributed by atoms with Gasteiger partial charge in [-0.25, -0.2) is 0 Å². The van der Waals surface area contributed by atoms with Crippen molar-refractivity contribution in [2.45, 2.75) is 6.92 Å². The predicted molar refractivity (Wildman–Crippen MR) is 80.2 cm³/mol. The SMILES string of the molecule is C=CCN1C(=C)C([N+](=O)[O-])=CC(C)=C1c1ccccc1. The molecular weight excluding hydrogens is 252 g/mol. The fourth-order valence-corrected chi connectivity index (χ4v) is 2.31. The lowest BCUT2D eigenvalue weighted by Gasteiger charge is -2.31. The van der Waals surface area contributed by atoms with Crippen LogP contribution in [-0.2, 0) is 0 Å². The van der Waals surface area contributed by atoms with Crippen LogP contribution in [-0.4, -0.2) is 16.4 Å². The molecule has 0 atom stereocenters. The molecule has 0 amide bonds. The Morgan fingerprint density at radius 3 is 2.55 bits per heavy atom. The van der Waals surface area contributed by atoms with E-state index in [-0.39, 0.29) is 5.70 Å². The zero-order chi connectivity index (χ0) is 14.7. The van der Waals surface area contributed by atoms with Gasteiger partial charge in [-0.05, 0) is 18.1 Å². The minimum Gasteiger partial charge on any atom is -0.332 e. The van der Waals surface area contributed by atoms with E-state index in [1.54, 1.807) is 12.2 Å². The second-order valence-electron chi connectivity index (χ2n) is 4.53. The molecule has 0 spiro atoms. The fraction of sp³-hybridized carbons (Fsp3) is 0.125. The molecule has 1 aliphatic rings. The van der Waals surface area contributed by atoms with Crippen LogP contribution in [0.2, 0.25) is 0 Å². The Labute approximate surface area is 118 Å². The molecule has 1 aliphatic heterocycles. The molecule has 0 N–H and O–H groups in total. The molecule has 102 valence electrons. The summed E-state index contributed by atoms with van der Waals surface area (Å²) in [6.45, 7) is 9.93. The molecule has 0 saturated heterocycles. The number of benzene rings is 1. The van der Waals surface area contributed by atoms with Crippen LogP contribution in [0.5, 0.6) is 0 Å². The van der Waals surface area contributed by atoms with Crippen molar-refractivity contribution in [2.75, 3.05) is 6.54 Å². The van der Waals surface area contributed by atoms with Gasteiger partial charge in [0.2, 0.25) is 0 Å². The standard InChI is InChI=1S/C16H16N2O2/c1-4-10-17-13(3)15(18(19)20)11-12(2)16(17)14-8-6-5-7-9-14/h4-9,11H,1,3,10H2,2H3. The van der Waals surface area contributed by atoms with E-state index in [0.29, 0.717) is 12.2 Å². The lowest BCUT2D eigenvalue weighted by Crippen LogP contribution is -2.28. The Balaban J connectivity index is 2.60. The highest BCUT2D eigenvalue weighted by atomic mass is 16.6. The monoisotopic (exact) mass is 268 g/mol. The summed E-state index contributed by atoms with van der Waals surface area (Å²) in [5.41, 5.74) is 3.20. The lowest BCUT2D eigenvalue weighted by atomic mass is 10.00. The number of hydrogen-bond donors (Lipinski definition) is 0. The summed E-state index contributed by atoms with van der Waals surface area (Å²) in [7, 11) is 0. The molecule has 0 bridgehead atoms. The van der Waals surface area contributed by atoms with Gasteiger partial charge in [-0.3, -0.25) is 10.1 Å². The van der Waals surface area contributed by atoms with Crippen molar-refractivity contribution < 1.29 is 4.92 Å². The molecular formula is C16H16N2O2. The van der Waals surface area contributed by atoms with E-state index in [1.165, 1.54) is 0 Å². The molecule has 1 heterocycles. The van der Waals surface area contributed by atoms with Gasteiger partial charge in [0.05, 0.1) is 10.6 Å². The highest BCUT2D eigenvalue weighted by Gasteiger charge is 2.29. The van der Waals surface area contributed by atoms with E-state index in [2.05, 4.69) is 13.2 Å².